The topological polar surface area (TPSA) is 62.3 Å². The molecule has 0 spiro atoms. The van der Waals surface area contributed by atoms with Crippen molar-refractivity contribution in [3.05, 3.63) is 41.7 Å². The lowest BCUT2D eigenvalue weighted by Crippen LogP contribution is -2.38. The smallest absolute Gasteiger partial charge is 0.252 e. The van der Waals surface area contributed by atoms with E-state index in [1.54, 1.807) is 30.2 Å². The van der Waals surface area contributed by atoms with E-state index in [0.29, 0.717) is 18.7 Å². The highest BCUT2D eigenvalue weighted by Crippen LogP contribution is 2.20. The van der Waals surface area contributed by atoms with Crippen molar-refractivity contribution in [2.45, 2.75) is 39.0 Å². The number of nitrogens with zero attached hydrogens (tertiary/aromatic N) is 2. The Kier molecular flexibility index (Phi) is 6.78. The molecule has 0 unspecified atom stereocenters. The summed E-state index contributed by atoms with van der Waals surface area (Å²) in [6.45, 7) is 3.29. The molecule has 0 fully saturated rings. The van der Waals surface area contributed by atoms with Crippen LogP contribution in [0.25, 0.3) is 0 Å². The first kappa shape index (κ1) is 17.2. The number of rotatable bonds is 7. The Hall–Kier alpha value is -2.17. The molecule has 0 aliphatic heterocycles. The Morgan fingerprint density at radius 1 is 1.30 bits per heavy atom. The Bertz CT molecular complexity index is 555. The third-order valence-electron chi connectivity index (χ3n) is 4.12. The third-order valence-corrected chi connectivity index (χ3v) is 4.12. The number of allylic oxidation sites excluding steroid dienone is 1. The number of carbonyl (C=O) groups is 2. The Balaban J connectivity index is 1.75. The van der Waals surface area contributed by atoms with Gasteiger partial charge in [-0.3, -0.25) is 14.6 Å². The Morgan fingerprint density at radius 3 is 2.83 bits per heavy atom. The van der Waals surface area contributed by atoms with Gasteiger partial charge in [0.05, 0.1) is 5.56 Å². The van der Waals surface area contributed by atoms with Crippen molar-refractivity contribution in [3.8, 4) is 0 Å². The van der Waals surface area contributed by atoms with Crippen LogP contribution in [0.3, 0.4) is 0 Å². The van der Waals surface area contributed by atoms with E-state index in [2.05, 4.69) is 16.4 Å². The van der Waals surface area contributed by atoms with Gasteiger partial charge in [0.15, 0.2) is 0 Å². The van der Waals surface area contributed by atoms with Crippen molar-refractivity contribution in [3.63, 3.8) is 0 Å². The second kappa shape index (κ2) is 9.08. The summed E-state index contributed by atoms with van der Waals surface area (Å²) in [4.78, 5) is 29.4. The molecule has 0 bridgehead atoms. The molecule has 1 heterocycles. The van der Waals surface area contributed by atoms with Gasteiger partial charge >= 0.3 is 0 Å². The van der Waals surface area contributed by atoms with Gasteiger partial charge in [-0.2, -0.15) is 0 Å². The third kappa shape index (κ3) is 5.85. The lowest BCUT2D eigenvalue weighted by atomic mass is 9.97. The van der Waals surface area contributed by atoms with Crippen molar-refractivity contribution in [1.82, 2.24) is 15.2 Å². The molecule has 0 atom stereocenters. The maximum absolute atomic E-state index is 11.9. The van der Waals surface area contributed by atoms with Crippen molar-refractivity contribution >= 4 is 11.8 Å². The van der Waals surface area contributed by atoms with Crippen LogP contribution >= 0.6 is 0 Å². The highest BCUT2D eigenvalue weighted by atomic mass is 16.2. The number of carbonyl (C=O) groups excluding carboxylic acids is 2. The van der Waals surface area contributed by atoms with Gasteiger partial charge in [0.2, 0.25) is 5.91 Å². The fourth-order valence-corrected chi connectivity index (χ4v) is 2.74. The average Bonchev–Trinajstić information content (AvgIpc) is 2.59. The van der Waals surface area contributed by atoms with Crippen LogP contribution in [-0.2, 0) is 4.79 Å². The number of aromatic nitrogens is 1. The maximum Gasteiger partial charge on any atom is 0.252 e. The molecule has 1 aliphatic carbocycles. The molecule has 23 heavy (non-hydrogen) atoms. The van der Waals surface area contributed by atoms with E-state index in [-0.39, 0.29) is 11.8 Å². The molecule has 0 radical (unpaired) electrons. The summed E-state index contributed by atoms with van der Waals surface area (Å²) in [7, 11) is 0. The summed E-state index contributed by atoms with van der Waals surface area (Å²) in [5, 5.41) is 2.83. The second-order valence-electron chi connectivity index (χ2n) is 5.86. The zero-order chi connectivity index (χ0) is 16.5. The molecule has 1 aromatic heterocycles. The summed E-state index contributed by atoms with van der Waals surface area (Å²) >= 11 is 0. The van der Waals surface area contributed by atoms with E-state index in [4.69, 9.17) is 0 Å². The van der Waals surface area contributed by atoms with E-state index in [1.165, 1.54) is 24.6 Å². The summed E-state index contributed by atoms with van der Waals surface area (Å²) < 4.78 is 0. The zero-order valence-electron chi connectivity index (χ0n) is 13.8. The minimum absolute atomic E-state index is 0.0528. The van der Waals surface area contributed by atoms with Crippen LogP contribution in [0.5, 0.6) is 0 Å². The molecule has 5 nitrogen and oxygen atoms in total. The van der Waals surface area contributed by atoms with Crippen molar-refractivity contribution in [2.75, 3.05) is 19.6 Å². The molecule has 0 saturated heterocycles. The van der Waals surface area contributed by atoms with Crippen LogP contribution in [-0.4, -0.2) is 41.3 Å². The largest absolute Gasteiger partial charge is 0.350 e. The van der Waals surface area contributed by atoms with Gasteiger partial charge in [-0.1, -0.05) is 11.6 Å². The maximum atomic E-state index is 11.9. The van der Waals surface area contributed by atoms with Gasteiger partial charge in [-0.05, 0) is 44.2 Å². The molecule has 5 heteroatoms. The van der Waals surface area contributed by atoms with Crippen LogP contribution in [0.4, 0.5) is 0 Å². The van der Waals surface area contributed by atoms with Gasteiger partial charge in [-0.25, -0.2) is 0 Å². The van der Waals surface area contributed by atoms with Crippen LogP contribution in [0, 0.1) is 0 Å². The number of amides is 2. The van der Waals surface area contributed by atoms with E-state index >= 15 is 0 Å². The molecule has 2 rings (SSSR count). The molecular weight excluding hydrogens is 290 g/mol. The molecule has 0 saturated carbocycles. The molecule has 0 aromatic carbocycles. The van der Waals surface area contributed by atoms with Gasteiger partial charge in [0.25, 0.3) is 5.91 Å². The highest BCUT2D eigenvalue weighted by Gasteiger charge is 2.12. The molecule has 1 N–H and O–H groups in total. The zero-order valence-corrected chi connectivity index (χ0v) is 13.8. The van der Waals surface area contributed by atoms with Crippen molar-refractivity contribution in [1.29, 1.82) is 0 Å². The minimum Gasteiger partial charge on any atom is -0.350 e. The van der Waals surface area contributed by atoms with Crippen LogP contribution in [0.1, 0.15) is 49.4 Å². The monoisotopic (exact) mass is 315 g/mol. The highest BCUT2D eigenvalue weighted by molar-refractivity contribution is 5.93. The fourth-order valence-electron chi connectivity index (χ4n) is 2.74. The van der Waals surface area contributed by atoms with Crippen LogP contribution in [0.2, 0.25) is 0 Å². The Labute approximate surface area is 137 Å². The first-order chi connectivity index (χ1) is 11.2. The van der Waals surface area contributed by atoms with E-state index < -0.39 is 0 Å². The number of pyridine rings is 1. The van der Waals surface area contributed by atoms with Gasteiger partial charge in [0, 0.05) is 39.0 Å². The van der Waals surface area contributed by atoms with Crippen LogP contribution in [0.15, 0.2) is 36.2 Å². The first-order valence-electron chi connectivity index (χ1n) is 8.28. The van der Waals surface area contributed by atoms with E-state index in [1.807, 2.05) is 0 Å². The molecule has 2 amide bonds. The van der Waals surface area contributed by atoms with Gasteiger partial charge in [-0.15, -0.1) is 0 Å². The Morgan fingerprint density at radius 2 is 2.17 bits per heavy atom. The average molecular weight is 315 g/mol. The van der Waals surface area contributed by atoms with Crippen LogP contribution < -0.4 is 5.32 Å². The molecule has 124 valence electrons. The minimum atomic E-state index is -0.156. The number of hydrogen-bond acceptors (Lipinski definition) is 3. The summed E-state index contributed by atoms with van der Waals surface area (Å²) in [6.07, 6.45) is 11.3. The number of nitrogens with one attached hydrogen (secondary N) is 1. The van der Waals surface area contributed by atoms with E-state index in [0.717, 1.165) is 25.8 Å². The lowest BCUT2D eigenvalue weighted by Gasteiger charge is -2.23. The normalized spacial score (nSPS) is 14.0. The summed E-state index contributed by atoms with van der Waals surface area (Å²) in [6, 6.07) is 3.45. The second-order valence-corrected chi connectivity index (χ2v) is 5.86. The van der Waals surface area contributed by atoms with Gasteiger partial charge < -0.3 is 10.2 Å². The van der Waals surface area contributed by atoms with Gasteiger partial charge in [0.1, 0.15) is 0 Å². The van der Waals surface area contributed by atoms with E-state index in [9.17, 15) is 9.59 Å². The first-order valence-corrected chi connectivity index (χ1v) is 8.28. The fraction of sp³-hybridized carbons (Fsp3) is 0.500. The summed E-state index contributed by atoms with van der Waals surface area (Å²) in [5.41, 5.74) is 2.00. The number of hydrogen-bond donors (Lipinski definition) is 1. The molecule has 1 aromatic rings. The molecule has 1 aliphatic rings. The van der Waals surface area contributed by atoms with Crippen molar-refractivity contribution < 1.29 is 9.59 Å². The van der Waals surface area contributed by atoms with Crippen molar-refractivity contribution in [2.24, 2.45) is 0 Å². The standard InChI is InChI=1S/C18H25N3O2/c1-15(22)21(12-9-16-6-3-2-4-7-16)13-11-20-18(23)17-8-5-10-19-14-17/h5-6,8,10,14H,2-4,7,9,11-13H2,1H3,(H,20,23). The summed E-state index contributed by atoms with van der Waals surface area (Å²) in [5.74, 6) is -0.103. The SMILES string of the molecule is CC(=O)N(CCNC(=O)c1cccnc1)CCC1=CCCCC1. The lowest BCUT2D eigenvalue weighted by molar-refractivity contribution is -0.128. The predicted molar refractivity (Wildman–Crippen MR) is 90.0 cm³/mol. The molecular formula is C18H25N3O2. The predicted octanol–water partition coefficient (Wildman–Crippen LogP) is 2.55. The quantitative estimate of drug-likeness (QED) is 0.787.